The molecule has 0 saturated carbocycles. The highest BCUT2D eigenvalue weighted by Crippen LogP contribution is 2.38. The van der Waals surface area contributed by atoms with Crippen molar-refractivity contribution in [2.45, 2.75) is 56.4 Å². The van der Waals surface area contributed by atoms with Crippen LogP contribution in [0.25, 0.3) is 11.2 Å². The minimum absolute atomic E-state index is 0.223. The number of likely N-dealkylation sites (tertiary alicyclic amines) is 1. The Bertz CT molecular complexity index is 1640. The van der Waals surface area contributed by atoms with Crippen LogP contribution in [0.5, 0.6) is 0 Å². The minimum Gasteiger partial charge on any atom is -0.379 e. The number of imidazole rings is 1. The molecule has 0 aliphatic carbocycles. The van der Waals surface area contributed by atoms with Crippen LogP contribution in [0, 0.1) is 0 Å². The topological polar surface area (TPSA) is 69.6 Å². The van der Waals surface area contributed by atoms with Crippen LogP contribution in [0.1, 0.15) is 55.2 Å². The number of aromatic nitrogens is 5. The largest absolute Gasteiger partial charge is 0.418 e. The van der Waals surface area contributed by atoms with Crippen molar-refractivity contribution >= 4 is 5.52 Å². The van der Waals surface area contributed by atoms with Gasteiger partial charge in [0.05, 0.1) is 30.0 Å². The predicted octanol–water partition coefficient (Wildman–Crippen LogP) is 4.63. The van der Waals surface area contributed by atoms with Gasteiger partial charge in [-0.25, -0.2) is 9.18 Å². The lowest BCUT2D eigenvalue weighted by molar-refractivity contribution is -0.136. The summed E-state index contributed by atoms with van der Waals surface area (Å²) >= 11 is 0. The van der Waals surface area contributed by atoms with E-state index in [0.29, 0.717) is 56.8 Å². The van der Waals surface area contributed by atoms with Crippen LogP contribution in [0.3, 0.4) is 0 Å². The number of hydrogen-bond acceptors (Lipinski definition) is 5. The SMILES string of the molecule is C[C@H](c1cc(C(F)(F)F)c2cn(-c3cccc(C4(Cc5nncn5C)COC4)c3)c(=O)n2c1)N1CCC(C)(F)CC1. The monoisotopic (exact) mass is 572 g/mol. The van der Waals surface area contributed by atoms with Crippen molar-refractivity contribution in [3.05, 3.63) is 82.1 Å². The zero-order chi connectivity index (χ0) is 29.2. The lowest BCUT2D eigenvalue weighted by atomic mass is 9.75. The van der Waals surface area contributed by atoms with Crippen molar-refractivity contribution in [1.82, 2.24) is 28.6 Å². The third-order valence-corrected chi connectivity index (χ3v) is 8.76. The summed E-state index contributed by atoms with van der Waals surface area (Å²) in [7, 11) is 1.86. The van der Waals surface area contributed by atoms with E-state index in [4.69, 9.17) is 4.74 Å². The highest BCUT2D eigenvalue weighted by Gasteiger charge is 2.42. The molecule has 1 aromatic carbocycles. The molecule has 41 heavy (non-hydrogen) atoms. The van der Waals surface area contributed by atoms with Crippen molar-refractivity contribution in [3.63, 3.8) is 0 Å². The summed E-state index contributed by atoms with van der Waals surface area (Å²) in [6.07, 6.45) is 0.865. The molecule has 6 rings (SSSR count). The van der Waals surface area contributed by atoms with Gasteiger partial charge in [0.25, 0.3) is 0 Å². The lowest BCUT2D eigenvalue weighted by Gasteiger charge is -2.41. The van der Waals surface area contributed by atoms with E-state index in [0.717, 1.165) is 21.9 Å². The van der Waals surface area contributed by atoms with E-state index in [1.54, 1.807) is 32.3 Å². The van der Waals surface area contributed by atoms with E-state index in [-0.39, 0.29) is 10.9 Å². The number of fused-ring (bicyclic) bond motifs is 1. The fraction of sp³-hybridized carbons (Fsp3) is 0.483. The molecule has 0 N–H and O–H groups in total. The summed E-state index contributed by atoms with van der Waals surface area (Å²) in [6, 6.07) is 7.96. The van der Waals surface area contributed by atoms with Gasteiger partial charge in [-0.05, 0) is 56.0 Å². The Morgan fingerprint density at radius 1 is 1.12 bits per heavy atom. The molecule has 0 radical (unpaired) electrons. The van der Waals surface area contributed by atoms with Crippen molar-refractivity contribution in [1.29, 1.82) is 0 Å². The second-order valence-electron chi connectivity index (χ2n) is 11.7. The van der Waals surface area contributed by atoms with Gasteiger partial charge in [-0.3, -0.25) is 13.9 Å². The Hall–Kier alpha value is -3.51. The molecule has 1 atom stereocenters. The molecular weight excluding hydrogens is 540 g/mol. The predicted molar refractivity (Wildman–Crippen MR) is 144 cm³/mol. The third-order valence-electron chi connectivity index (χ3n) is 8.76. The van der Waals surface area contributed by atoms with E-state index in [1.165, 1.54) is 17.0 Å². The summed E-state index contributed by atoms with van der Waals surface area (Å²) in [6.45, 7) is 5.10. The molecule has 0 bridgehead atoms. The third kappa shape index (κ3) is 4.97. The number of benzene rings is 1. The second-order valence-corrected chi connectivity index (χ2v) is 11.7. The van der Waals surface area contributed by atoms with E-state index >= 15 is 0 Å². The first-order chi connectivity index (χ1) is 19.4. The zero-order valence-corrected chi connectivity index (χ0v) is 23.2. The van der Waals surface area contributed by atoms with E-state index in [2.05, 4.69) is 10.2 Å². The van der Waals surface area contributed by atoms with Crippen LogP contribution in [-0.4, -0.2) is 60.6 Å². The van der Waals surface area contributed by atoms with Crippen LogP contribution in [0.15, 0.2) is 53.8 Å². The molecule has 8 nitrogen and oxygen atoms in total. The van der Waals surface area contributed by atoms with E-state index in [1.807, 2.05) is 28.6 Å². The first-order valence-electron chi connectivity index (χ1n) is 13.7. The molecule has 218 valence electrons. The normalized spacial score (nSPS) is 19.8. The smallest absolute Gasteiger partial charge is 0.379 e. The first kappa shape index (κ1) is 27.6. The molecule has 2 aliphatic heterocycles. The summed E-state index contributed by atoms with van der Waals surface area (Å²) < 4.78 is 67.1. The summed E-state index contributed by atoms with van der Waals surface area (Å²) in [5.74, 6) is 0.784. The maximum absolute atomic E-state index is 14.4. The van der Waals surface area contributed by atoms with Crippen molar-refractivity contribution < 1.29 is 22.3 Å². The Labute approximate surface area is 234 Å². The molecule has 0 spiro atoms. The Morgan fingerprint density at radius 3 is 2.46 bits per heavy atom. The van der Waals surface area contributed by atoms with Crippen LogP contribution < -0.4 is 5.69 Å². The molecular formula is C29H32F4N6O2. The van der Waals surface area contributed by atoms with Crippen LogP contribution >= 0.6 is 0 Å². The van der Waals surface area contributed by atoms with Gasteiger partial charge >= 0.3 is 11.9 Å². The molecule has 2 saturated heterocycles. The number of halogens is 4. The van der Waals surface area contributed by atoms with Gasteiger partial charge in [0.2, 0.25) is 0 Å². The molecule has 0 amide bonds. The van der Waals surface area contributed by atoms with E-state index in [9.17, 15) is 22.4 Å². The number of hydrogen-bond donors (Lipinski definition) is 0. The summed E-state index contributed by atoms with van der Waals surface area (Å²) in [5.41, 5.74) is -1.65. The second kappa shape index (κ2) is 9.80. The highest BCUT2D eigenvalue weighted by molar-refractivity contribution is 5.58. The molecule has 2 fully saturated rings. The van der Waals surface area contributed by atoms with E-state index < -0.39 is 29.1 Å². The van der Waals surface area contributed by atoms with Gasteiger partial charge in [0.15, 0.2) is 0 Å². The number of alkyl halides is 4. The number of piperidine rings is 1. The van der Waals surface area contributed by atoms with Crippen LogP contribution in [0.2, 0.25) is 0 Å². The average molecular weight is 573 g/mol. The highest BCUT2D eigenvalue weighted by atomic mass is 19.4. The van der Waals surface area contributed by atoms with Gasteiger partial charge in [-0.2, -0.15) is 13.2 Å². The van der Waals surface area contributed by atoms with Crippen LogP contribution in [0.4, 0.5) is 17.6 Å². The van der Waals surface area contributed by atoms with Gasteiger partial charge < -0.3 is 9.30 Å². The fourth-order valence-corrected chi connectivity index (χ4v) is 5.91. The average Bonchev–Trinajstić information content (AvgIpc) is 3.46. The molecule has 4 aromatic rings. The standard InChI is InChI=1S/C29H32F4N6O2/c1-19(37-9-7-27(2,30)8-10-37)20-11-23(29(31,32)33)24-15-38(26(40)39(24)14-20)22-6-4-5-21(12-22)28(16-41-17-28)13-25-35-34-18-36(25)3/h4-6,11-12,14-15,18-19H,7-10,13,16-17H2,1-3H3/t19-/m1/s1. The Balaban J connectivity index is 1.40. The molecule has 12 heteroatoms. The van der Waals surface area contributed by atoms with Crippen LogP contribution in [-0.2, 0) is 29.8 Å². The number of rotatable bonds is 6. The molecule has 5 heterocycles. The van der Waals surface area contributed by atoms with Crippen molar-refractivity contribution in [2.24, 2.45) is 7.05 Å². The maximum atomic E-state index is 14.4. The number of nitrogens with zero attached hydrogens (tertiary/aromatic N) is 6. The number of pyridine rings is 1. The molecule has 0 unspecified atom stereocenters. The van der Waals surface area contributed by atoms with Gasteiger partial charge in [0, 0.05) is 50.4 Å². The fourth-order valence-electron chi connectivity index (χ4n) is 5.91. The Morgan fingerprint density at radius 2 is 1.85 bits per heavy atom. The minimum atomic E-state index is -4.68. The Kier molecular flexibility index (Phi) is 6.61. The number of aryl methyl sites for hydroxylation is 1. The van der Waals surface area contributed by atoms with Crippen molar-refractivity contribution in [2.75, 3.05) is 26.3 Å². The van der Waals surface area contributed by atoms with Gasteiger partial charge in [-0.1, -0.05) is 12.1 Å². The maximum Gasteiger partial charge on any atom is 0.418 e. The quantitative estimate of drug-likeness (QED) is 0.315. The zero-order valence-electron chi connectivity index (χ0n) is 23.2. The molecule has 3 aromatic heterocycles. The number of ether oxygens (including phenoxy) is 1. The summed E-state index contributed by atoms with van der Waals surface area (Å²) in [4.78, 5) is 15.6. The van der Waals surface area contributed by atoms with Gasteiger partial charge in [0.1, 0.15) is 17.8 Å². The van der Waals surface area contributed by atoms with Crippen molar-refractivity contribution in [3.8, 4) is 5.69 Å². The molecule has 2 aliphatic rings. The first-order valence-corrected chi connectivity index (χ1v) is 13.7. The summed E-state index contributed by atoms with van der Waals surface area (Å²) in [5, 5.41) is 8.15. The lowest BCUT2D eigenvalue weighted by Crippen LogP contribution is -2.49. The van der Waals surface area contributed by atoms with Gasteiger partial charge in [-0.15, -0.1) is 10.2 Å².